The maximum absolute atomic E-state index is 12.9. The Morgan fingerprint density at radius 1 is 1.03 bits per heavy atom. The predicted octanol–water partition coefficient (Wildman–Crippen LogP) is 3.88. The molecule has 0 bridgehead atoms. The fourth-order valence-electron chi connectivity index (χ4n) is 4.32. The van der Waals surface area contributed by atoms with Gasteiger partial charge in [0, 0.05) is 32.7 Å². The molecule has 1 fully saturated rings. The van der Waals surface area contributed by atoms with Crippen molar-refractivity contribution < 1.29 is 9.53 Å². The molecular weight excluding hydrogens is 440 g/mol. The summed E-state index contributed by atoms with van der Waals surface area (Å²) in [5, 5.41) is 12.8. The number of piperazine rings is 1. The van der Waals surface area contributed by atoms with Gasteiger partial charge in [0.1, 0.15) is 11.4 Å². The lowest BCUT2D eigenvalue weighted by atomic mass is 10.0. The number of aromatic nitrogens is 2. The molecule has 1 unspecified atom stereocenters. The second-order valence-electron chi connectivity index (χ2n) is 8.50. The van der Waals surface area contributed by atoms with Gasteiger partial charge in [0.15, 0.2) is 11.7 Å². The van der Waals surface area contributed by atoms with Gasteiger partial charge in [-0.05, 0) is 37.6 Å². The molecule has 182 valence electrons. The zero-order valence-electron chi connectivity index (χ0n) is 20.4. The highest BCUT2D eigenvalue weighted by Crippen LogP contribution is 2.32. The van der Waals surface area contributed by atoms with E-state index in [0.717, 1.165) is 42.9 Å². The Morgan fingerprint density at radius 2 is 1.69 bits per heavy atom. The van der Waals surface area contributed by atoms with Crippen LogP contribution in [0.3, 0.4) is 0 Å². The number of hydrogen-bond acceptors (Lipinski definition) is 7. The summed E-state index contributed by atoms with van der Waals surface area (Å²) in [7, 11) is 0. The number of nitrogens with zero attached hydrogens (tertiary/aromatic N) is 5. The number of rotatable bonds is 9. The van der Waals surface area contributed by atoms with E-state index in [2.05, 4.69) is 34.2 Å². The first-order valence-corrected chi connectivity index (χ1v) is 12.3. The van der Waals surface area contributed by atoms with Crippen LogP contribution in [0.25, 0.3) is 11.0 Å². The first-order valence-electron chi connectivity index (χ1n) is 12.3. The van der Waals surface area contributed by atoms with E-state index in [1.165, 1.54) is 0 Å². The topological polar surface area (TPSA) is 94.4 Å². The maximum Gasteiger partial charge on any atom is 0.243 e. The van der Waals surface area contributed by atoms with Crippen molar-refractivity contribution in [3.05, 3.63) is 54.2 Å². The van der Waals surface area contributed by atoms with Crippen LogP contribution in [-0.4, -0.2) is 55.2 Å². The van der Waals surface area contributed by atoms with Gasteiger partial charge in [-0.2, -0.15) is 5.26 Å². The van der Waals surface area contributed by atoms with Crippen LogP contribution in [0, 0.1) is 11.3 Å². The van der Waals surface area contributed by atoms with Gasteiger partial charge in [-0.1, -0.05) is 37.6 Å². The number of amides is 1. The van der Waals surface area contributed by atoms with Gasteiger partial charge in [-0.15, -0.1) is 0 Å². The Hall–Kier alpha value is -3.86. The number of nitrogens with one attached hydrogen (secondary N) is 1. The molecule has 0 aliphatic carbocycles. The normalized spacial score (nSPS) is 14.4. The minimum atomic E-state index is -1.02. The molecule has 4 rings (SSSR count). The average Bonchev–Trinajstić information content (AvgIpc) is 2.89. The van der Waals surface area contributed by atoms with Crippen LogP contribution < -0.4 is 19.9 Å². The molecule has 1 atom stereocenters. The zero-order chi connectivity index (χ0) is 24.6. The minimum absolute atomic E-state index is 0.323. The smallest absolute Gasteiger partial charge is 0.243 e. The second-order valence-corrected chi connectivity index (χ2v) is 8.50. The number of carbonyl (C=O) groups excluding carboxylic acids is 1. The van der Waals surface area contributed by atoms with Crippen molar-refractivity contribution in [1.82, 2.24) is 15.3 Å². The van der Waals surface area contributed by atoms with Crippen molar-refractivity contribution in [1.29, 1.82) is 5.26 Å². The summed E-state index contributed by atoms with van der Waals surface area (Å²) in [4.78, 5) is 27.0. The SMILES string of the molecule is CCCCNC(=O)C(C#N)c1nc2ccccc2nc1N1CCN(c2ccccc2OCC)CC1. The predicted molar refractivity (Wildman–Crippen MR) is 138 cm³/mol. The average molecular weight is 473 g/mol. The van der Waals surface area contributed by atoms with Crippen molar-refractivity contribution in [2.45, 2.75) is 32.6 Å². The lowest BCUT2D eigenvalue weighted by Crippen LogP contribution is -2.47. The number of ether oxygens (including phenoxy) is 1. The standard InChI is InChI=1S/C27H32N6O2/c1-3-5-14-29-27(34)20(19-28)25-26(31-22-11-7-6-10-21(22)30-25)33-17-15-32(16-18-33)23-12-8-9-13-24(23)35-4-2/h6-13,20H,3-5,14-18H2,1-2H3,(H,29,34). The molecule has 1 N–H and O–H groups in total. The van der Waals surface area contributed by atoms with Crippen LogP contribution in [0.1, 0.15) is 38.3 Å². The van der Waals surface area contributed by atoms with E-state index in [1.54, 1.807) is 0 Å². The van der Waals surface area contributed by atoms with E-state index in [-0.39, 0.29) is 5.91 Å². The summed E-state index contributed by atoms with van der Waals surface area (Å²) < 4.78 is 5.82. The summed E-state index contributed by atoms with van der Waals surface area (Å²) in [5.74, 6) is 0.147. The summed E-state index contributed by atoms with van der Waals surface area (Å²) >= 11 is 0. The highest BCUT2D eigenvalue weighted by molar-refractivity contribution is 5.88. The number of para-hydroxylation sites is 4. The van der Waals surface area contributed by atoms with Crippen LogP contribution in [0.5, 0.6) is 5.75 Å². The van der Waals surface area contributed by atoms with Crippen LogP contribution in [0.2, 0.25) is 0 Å². The van der Waals surface area contributed by atoms with E-state index in [1.807, 2.05) is 49.4 Å². The molecule has 8 nitrogen and oxygen atoms in total. The van der Waals surface area contributed by atoms with Crippen molar-refractivity contribution in [3.8, 4) is 11.8 Å². The molecule has 1 saturated heterocycles. The third-order valence-corrected chi connectivity index (χ3v) is 6.16. The number of anilines is 2. The lowest BCUT2D eigenvalue weighted by molar-refractivity contribution is -0.121. The van der Waals surface area contributed by atoms with Gasteiger partial charge < -0.3 is 19.9 Å². The maximum atomic E-state index is 12.9. The number of benzene rings is 2. The molecule has 0 saturated carbocycles. The fourth-order valence-corrected chi connectivity index (χ4v) is 4.32. The molecule has 1 aliphatic heterocycles. The van der Waals surface area contributed by atoms with E-state index < -0.39 is 5.92 Å². The van der Waals surface area contributed by atoms with Gasteiger partial charge in [0.25, 0.3) is 0 Å². The molecule has 35 heavy (non-hydrogen) atoms. The van der Waals surface area contributed by atoms with Crippen LogP contribution in [-0.2, 0) is 4.79 Å². The minimum Gasteiger partial charge on any atom is -0.492 e. The van der Waals surface area contributed by atoms with E-state index >= 15 is 0 Å². The highest BCUT2D eigenvalue weighted by Gasteiger charge is 2.30. The number of unbranched alkanes of at least 4 members (excludes halogenated alkanes) is 1. The lowest BCUT2D eigenvalue weighted by Gasteiger charge is -2.38. The second kappa shape index (κ2) is 11.5. The Balaban J connectivity index is 1.61. The molecule has 2 aromatic carbocycles. The zero-order valence-corrected chi connectivity index (χ0v) is 20.4. The summed E-state index contributed by atoms with van der Waals surface area (Å²) in [6.07, 6.45) is 1.83. The fraction of sp³-hybridized carbons (Fsp3) is 0.407. The number of nitriles is 1. The molecule has 1 aliphatic rings. The first kappa shape index (κ1) is 24.3. The molecular formula is C27H32N6O2. The van der Waals surface area contributed by atoms with Crippen molar-refractivity contribution in [2.75, 3.05) is 49.1 Å². The molecule has 1 aromatic heterocycles. The number of hydrogen-bond donors (Lipinski definition) is 1. The van der Waals surface area contributed by atoms with Gasteiger partial charge in [0.05, 0.1) is 29.4 Å². The summed E-state index contributed by atoms with van der Waals surface area (Å²) in [5.41, 5.74) is 2.92. The van der Waals surface area contributed by atoms with Crippen molar-refractivity contribution in [3.63, 3.8) is 0 Å². The first-order chi connectivity index (χ1) is 17.2. The van der Waals surface area contributed by atoms with Crippen LogP contribution >= 0.6 is 0 Å². The highest BCUT2D eigenvalue weighted by atomic mass is 16.5. The molecule has 0 spiro atoms. The largest absolute Gasteiger partial charge is 0.492 e. The summed E-state index contributed by atoms with van der Waals surface area (Å²) in [6, 6.07) is 17.8. The van der Waals surface area contributed by atoms with E-state index in [4.69, 9.17) is 14.7 Å². The molecule has 8 heteroatoms. The van der Waals surface area contributed by atoms with Gasteiger partial charge >= 0.3 is 0 Å². The number of carbonyl (C=O) groups is 1. The number of fused-ring (bicyclic) bond motifs is 1. The Morgan fingerprint density at radius 3 is 2.37 bits per heavy atom. The van der Waals surface area contributed by atoms with Crippen LogP contribution in [0.15, 0.2) is 48.5 Å². The Bertz CT molecular complexity index is 1200. The summed E-state index contributed by atoms with van der Waals surface area (Å²) in [6.45, 7) is 8.11. The van der Waals surface area contributed by atoms with Gasteiger partial charge in [-0.25, -0.2) is 9.97 Å². The van der Waals surface area contributed by atoms with E-state index in [0.29, 0.717) is 43.3 Å². The monoisotopic (exact) mass is 472 g/mol. The molecule has 0 radical (unpaired) electrons. The van der Waals surface area contributed by atoms with Crippen molar-refractivity contribution >= 4 is 28.4 Å². The third-order valence-electron chi connectivity index (χ3n) is 6.16. The van der Waals surface area contributed by atoms with Crippen molar-refractivity contribution in [2.24, 2.45) is 0 Å². The van der Waals surface area contributed by atoms with E-state index in [9.17, 15) is 10.1 Å². The Kier molecular flexibility index (Phi) is 7.99. The van der Waals surface area contributed by atoms with Gasteiger partial charge in [0.2, 0.25) is 5.91 Å². The quantitative estimate of drug-likeness (QED) is 0.472. The molecule has 3 aromatic rings. The van der Waals surface area contributed by atoms with Gasteiger partial charge in [-0.3, -0.25) is 4.79 Å². The Labute approximate surface area is 206 Å². The van der Waals surface area contributed by atoms with Crippen LogP contribution in [0.4, 0.5) is 11.5 Å². The third kappa shape index (κ3) is 5.46. The molecule has 1 amide bonds. The molecule has 2 heterocycles.